The van der Waals surface area contributed by atoms with Gasteiger partial charge in [0.05, 0.1) is 28.0 Å². The van der Waals surface area contributed by atoms with Crippen molar-refractivity contribution < 1.29 is 9.53 Å². The number of hydrogen-bond donors (Lipinski definition) is 3. The maximum Gasteiger partial charge on any atom is 0.269 e. The van der Waals surface area contributed by atoms with Gasteiger partial charge in [0.2, 0.25) is 5.95 Å². The zero-order valence-corrected chi connectivity index (χ0v) is 16.9. The minimum Gasteiger partial charge on any atom is -0.492 e. The van der Waals surface area contributed by atoms with E-state index in [1.807, 2.05) is 36.4 Å². The molecular weight excluding hydrogens is 422 g/mol. The Balaban J connectivity index is 1.83. The van der Waals surface area contributed by atoms with Crippen molar-refractivity contribution >= 4 is 27.8 Å². The number of hydrazine groups is 1. The molecule has 0 aliphatic heterocycles. The monoisotopic (exact) mass is 441 g/mol. The number of amides is 1. The summed E-state index contributed by atoms with van der Waals surface area (Å²) < 4.78 is 6.62. The van der Waals surface area contributed by atoms with Crippen molar-refractivity contribution in [2.75, 3.05) is 12.3 Å². The van der Waals surface area contributed by atoms with Crippen molar-refractivity contribution in [3.05, 3.63) is 69.8 Å². The van der Waals surface area contributed by atoms with Gasteiger partial charge in [-0.3, -0.25) is 10.2 Å². The Morgan fingerprint density at radius 3 is 2.61 bits per heavy atom. The van der Waals surface area contributed by atoms with Gasteiger partial charge in [-0.15, -0.1) is 0 Å². The second-order valence-corrected chi connectivity index (χ2v) is 6.95. The highest BCUT2D eigenvalue weighted by Crippen LogP contribution is 2.32. The second kappa shape index (κ2) is 8.81. The molecule has 0 saturated carbocycles. The average molecular weight is 442 g/mol. The molecule has 1 amide bonds. The van der Waals surface area contributed by atoms with Gasteiger partial charge < -0.3 is 10.5 Å². The first kappa shape index (κ1) is 19.8. The highest BCUT2D eigenvalue weighted by molar-refractivity contribution is 9.10. The summed E-state index contributed by atoms with van der Waals surface area (Å²) in [5, 5.41) is 0. The van der Waals surface area contributed by atoms with E-state index in [-0.39, 0.29) is 11.5 Å². The van der Waals surface area contributed by atoms with Gasteiger partial charge in [-0.1, -0.05) is 30.3 Å². The fourth-order valence-corrected chi connectivity index (χ4v) is 3.33. The molecule has 0 aliphatic rings. The summed E-state index contributed by atoms with van der Waals surface area (Å²) in [6.45, 7) is 2.23. The number of ether oxygens (including phenoxy) is 1. The van der Waals surface area contributed by atoms with Crippen LogP contribution in [0.2, 0.25) is 0 Å². The van der Waals surface area contributed by atoms with E-state index < -0.39 is 5.91 Å². The predicted molar refractivity (Wildman–Crippen MR) is 112 cm³/mol. The summed E-state index contributed by atoms with van der Waals surface area (Å²) in [4.78, 5) is 20.5. The molecule has 2 aromatic carbocycles. The van der Waals surface area contributed by atoms with Crippen LogP contribution in [-0.2, 0) is 6.42 Å². The Bertz CT molecular complexity index is 995. The smallest absolute Gasteiger partial charge is 0.269 e. The van der Waals surface area contributed by atoms with E-state index in [0.717, 1.165) is 10.9 Å². The molecule has 5 N–H and O–H groups in total. The van der Waals surface area contributed by atoms with Crippen molar-refractivity contribution in [1.29, 1.82) is 0 Å². The number of nitrogen functional groups attached to an aromatic ring is 2. The molecule has 28 heavy (non-hydrogen) atoms. The largest absolute Gasteiger partial charge is 0.492 e. The maximum atomic E-state index is 12.2. The van der Waals surface area contributed by atoms with Crippen LogP contribution in [0, 0.1) is 6.92 Å². The van der Waals surface area contributed by atoms with Crippen LogP contribution in [0.4, 0.5) is 5.95 Å². The minimum atomic E-state index is -0.480. The molecule has 1 heterocycles. The van der Waals surface area contributed by atoms with Crippen LogP contribution in [0.3, 0.4) is 0 Å². The normalized spacial score (nSPS) is 10.5. The molecular formula is C20H20BrN5O2. The standard InChI is InChI=1S/C20H20BrN5O2/c1-12-17(19(27)26-23)18(25-20(22)24-12)14-7-8-16(15(21)11-14)28-10-9-13-5-3-2-4-6-13/h2-8,11H,9-10,23H2,1H3,(H,26,27)(H2,22,24,25). The molecule has 8 heteroatoms. The van der Waals surface area contributed by atoms with Crippen LogP contribution >= 0.6 is 15.9 Å². The Labute approximate surface area is 171 Å². The molecule has 0 bridgehead atoms. The summed E-state index contributed by atoms with van der Waals surface area (Å²) in [7, 11) is 0. The third kappa shape index (κ3) is 4.47. The zero-order valence-electron chi connectivity index (χ0n) is 15.3. The van der Waals surface area contributed by atoms with Gasteiger partial charge in [0.15, 0.2) is 0 Å². The lowest BCUT2D eigenvalue weighted by Crippen LogP contribution is -2.31. The maximum absolute atomic E-state index is 12.2. The molecule has 0 saturated heterocycles. The highest BCUT2D eigenvalue weighted by atomic mass is 79.9. The molecule has 0 fully saturated rings. The Morgan fingerprint density at radius 1 is 1.18 bits per heavy atom. The highest BCUT2D eigenvalue weighted by Gasteiger charge is 2.19. The third-order valence-electron chi connectivity index (χ3n) is 4.16. The lowest BCUT2D eigenvalue weighted by molar-refractivity contribution is 0.0953. The van der Waals surface area contributed by atoms with Crippen molar-refractivity contribution in [2.24, 2.45) is 5.84 Å². The van der Waals surface area contributed by atoms with Gasteiger partial charge >= 0.3 is 0 Å². The quantitative estimate of drug-likeness (QED) is 0.307. The number of benzene rings is 2. The van der Waals surface area contributed by atoms with Crippen LogP contribution in [0.1, 0.15) is 21.6 Å². The fourth-order valence-electron chi connectivity index (χ4n) is 2.84. The van der Waals surface area contributed by atoms with Crippen molar-refractivity contribution in [1.82, 2.24) is 15.4 Å². The third-order valence-corrected chi connectivity index (χ3v) is 4.78. The van der Waals surface area contributed by atoms with E-state index in [1.165, 1.54) is 5.56 Å². The molecule has 3 aromatic rings. The van der Waals surface area contributed by atoms with Gasteiger partial charge in [-0.2, -0.15) is 0 Å². The Kier molecular flexibility index (Phi) is 6.23. The summed E-state index contributed by atoms with van der Waals surface area (Å²) >= 11 is 3.52. The van der Waals surface area contributed by atoms with Crippen LogP contribution in [-0.4, -0.2) is 22.5 Å². The number of nitrogens with one attached hydrogen (secondary N) is 1. The molecule has 144 valence electrons. The second-order valence-electron chi connectivity index (χ2n) is 6.09. The number of halogens is 1. The first-order chi connectivity index (χ1) is 13.5. The molecule has 1 aromatic heterocycles. The molecule has 7 nitrogen and oxygen atoms in total. The number of nitrogens with two attached hydrogens (primary N) is 2. The Morgan fingerprint density at radius 2 is 1.93 bits per heavy atom. The van der Waals surface area contributed by atoms with E-state index >= 15 is 0 Å². The number of aryl methyl sites for hydroxylation is 1. The lowest BCUT2D eigenvalue weighted by Gasteiger charge is -2.13. The van der Waals surface area contributed by atoms with E-state index in [1.54, 1.807) is 6.92 Å². The van der Waals surface area contributed by atoms with Gasteiger partial charge in [-0.25, -0.2) is 15.8 Å². The van der Waals surface area contributed by atoms with Crippen LogP contribution in [0.25, 0.3) is 11.3 Å². The number of anilines is 1. The number of aromatic nitrogens is 2. The summed E-state index contributed by atoms with van der Waals surface area (Å²) in [5.74, 6) is 5.60. The number of rotatable bonds is 6. The van der Waals surface area contributed by atoms with Crippen LogP contribution in [0.15, 0.2) is 53.0 Å². The van der Waals surface area contributed by atoms with Crippen molar-refractivity contribution in [3.8, 4) is 17.0 Å². The van der Waals surface area contributed by atoms with E-state index in [2.05, 4.69) is 43.5 Å². The first-order valence-corrected chi connectivity index (χ1v) is 9.40. The lowest BCUT2D eigenvalue weighted by atomic mass is 10.0. The average Bonchev–Trinajstić information content (AvgIpc) is 2.69. The zero-order chi connectivity index (χ0) is 20.1. The fraction of sp³-hybridized carbons (Fsp3) is 0.150. The van der Waals surface area contributed by atoms with Gasteiger partial charge in [0, 0.05) is 12.0 Å². The molecule has 3 rings (SSSR count). The Hall–Kier alpha value is -2.97. The first-order valence-electron chi connectivity index (χ1n) is 8.61. The number of carbonyl (C=O) groups excluding carboxylic acids is 1. The topological polar surface area (TPSA) is 116 Å². The number of nitrogens with zero attached hydrogens (tertiary/aromatic N) is 2. The summed E-state index contributed by atoms with van der Waals surface area (Å²) in [5.41, 5.74) is 10.9. The molecule has 0 atom stereocenters. The van der Waals surface area contributed by atoms with Gasteiger partial charge in [-0.05, 0) is 46.6 Å². The summed E-state index contributed by atoms with van der Waals surface area (Å²) in [6.07, 6.45) is 0.803. The molecule has 0 aliphatic carbocycles. The molecule has 0 spiro atoms. The molecule has 0 unspecified atom stereocenters. The van der Waals surface area contributed by atoms with Crippen LogP contribution < -0.4 is 21.7 Å². The van der Waals surface area contributed by atoms with Gasteiger partial charge in [0.25, 0.3) is 5.91 Å². The minimum absolute atomic E-state index is 0.0837. The van der Waals surface area contributed by atoms with Crippen molar-refractivity contribution in [3.63, 3.8) is 0 Å². The van der Waals surface area contributed by atoms with Gasteiger partial charge in [0.1, 0.15) is 5.75 Å². The van der Waals surface area contributed by atoms with E-state index in [4.69, 9.17) is 16.3 Å². The molecule has 0 radical (unpaired) electrons. The predicted octanol–water partition coefficient (Wildman–Crippen LogP) is 3.02. The number of carbonyl (C=O) groups is 1. The van der Waals surface area contributed by atoms with Crippen molar-refractivity contribution in [2.45, 2.75) is 13.3 Å². The summed E-state index contributed by atoms with van der Waals surface area (Å²) in [6, 6.07) is 15.6. The van der Waals surface area contributed by atoms with E-state index in [9.17, 15) is 4.79 Å². The number of hydrogen-bond acceptors (Lipinski definition) is 6. The van der Waals surface area contributed by atoms with Crippen LogP contribution in [0.5, 0.6) is 5.75 Å². The van der Waals surface area contributed by atoms with E-state index in [0.29, 0.717) is 29.3 Å². The SMILES string of the molecule is Cc1nc(N)nc(-c2ccc(OCCc3ccccc3)c(Br)c2)c1C(=O)NN.